The van der Waals surface area contributed by atoms with Crippen LogP contribution in [0.1, 0.15) is 41.3 Å². The first-order valence-corrected chi connectivity index (χ1v) is 13.3. The van der Waals surface area contributed by atoms with Crippen LogP contribution in [0.5, 0.6) is 0 Å². The van der Waals surface area contributed by atoms with Gasteiger partial charge in [-0.15, -0.1) is 22.7 Å². The number of hydrogen-bond donors (Lipinski definition) is 0. The highest BCUT2D eigenvalue weighted by molar-refractivity contribution is 7.12. The molecule has 1 aromatic carbocycles. The largest absolute Gasteiger partial charge is 0.385 e. The molecule has 0 atom stereocenters. The monoisotopic (exact) mass is 506 g/mol. The summed E-state index contributed by atoms with van der Waals surface area (Å²) in [5.41, 5.74) is 4.45. The molecule has 0 bridgehead atoms. The topological polar surface area (TPSA) is 80.8 Å². The molecule has 35 heavy (non-hydrogen) atoms. The minimum Gasteiger partial charge on any atom is -0.385 e. The predicted molar refractivity (Wildman–Crippen MR) is 139 cm³/mol. The Kier molecular flexibility index (Phi) is 7.06. The zero-order chi connectivity index (χ0) is 24.2. The third-order valence-corrected chi connectivity index (χ3v) is 8.14. The quantitative estimate of drug-likeness (QED) is 0.227. The molecule has 0 spiro atoms. The number of carbonyl (C=O) groups excluding carboxylic acids is 1. The number of oxime groups is 1. The lowest BCUT2D eigenvalue weighted by Gasteiger charge is -2.30. The van der Waals surface area contributed by atoms with Crippen molar-refractivity contribution in [2.75, 3.05) is 19.7 Å². The summed E-state index contributed by atoms with van der Waals surface area (Å²) in [7, 11) is 0. The molecule has 9 heteroatoms. The number of aromatic nitrogens is 2. The summed E-state index contributed by atoms with van der Waals surface area (Å²) in [6.07, 6.45) is 1.76. The molecule has 1 aliphatic rings. The van der Waals surface area contributed by atoms with Gasteiger partial charge in [0, 0.05) is 30.0 Å². The third-order valence-electron chi connectivity index (χ3n) is 6.15. The number of likely N-dealkylation sites (tertiary alicyclic amines) is 1. The number of benzene rings is 1. The molecule has 0 aliphatic carbocycles. The van der Waals surface area contributed by atoms with Gasteiger partial charge in [-0.05, 0) is 38.1 Å². The van der Waals surface area contributed by atoms with Gasteiger partial charge in [0.2, 0.25) is 0 Å². The predicted octanol–water partition coefficient (Wildman–Crippen LogP) is 5.98. The Morgan fingerprint density at radius 2 is 1.97 bits per heavy atom. The van der Waals surface area contributed by atoms with Gasteiger partial charge < -0.3 is 14.3 Å². The van der Waals surface area contributed by atoms with Gasteiger partial charge in [-0.2, -0.15) is 0 Å². The van der Waals surface area contributed by atoms with E-state index in [1.165, 1.54) is 0 Å². The summed E-state index contributed by atoms with van der Waals surface area (Å²) in [6.45, 7) is 5.15. The van der Waals surface area contributed by atoms with E-state index < -0.39 is 0 Å². The molecule has 5 rings (SSSR count). The maximum absolute atomic E-state index is 12.6. The SMILES string of the molecule is CC(=NOCC(=O)N1CCC(c2nc(-c3c(-c4ccccc4)noc3C)cs2)CC1)c1cccs1. The van der Waals surface area contributed by atoms with E-state index >= 15 is 0 Å². The Morgan fingerprint density at radius 1 is 1.17 bits per heavy atom. The molecule has 0 saturated carbocycles. The molecule has 4 heterocycles. The van der Waals surface area contributed by atoms with Crippen molar-refractivity contribution in [3.8, 4) is 22.5 Å². The van der Waals surface area contributed by atoms with Gasteiger partial charge in [-0.25, -0.2) is 4.98 Å². The van der Waals surface area contributed by atoms with Crippen LogP contribution in [0.4, 0.5) is 0 Å². The lowest BCUT2D eigenvalue weighted by Crippen LogP contribution is -2.39. The highest BCUT2D eigenvalue weighted by Gasteiger charge is 2.27. The van der Waals surface area contributed by atoms with Crippen molar-refractivity contribution in [1.82, 2.24) is 15.0 Å². The molecular weight excluding hydrogens is 480 g/mol. The summed E-state index contributed by atoms with van der Waals surface area (Å²) in [4.78, 5) is 25.8. The third kappa shape index (κ3) is 5.21. The minimum absolute atomic E-state index is 0.0291. The highest BCUT2D eigenvalue weighted by atomic mass is 32.1. The van der Waals surface area contributed by atoms with Gasteiger partial charge in [-0.1, -0.05) is 46.7 Å². The Morgan fingerprint density at radius 3 is 2.71 bits per heavy atom. The standard InChI is InChI=1S/C26H26N4O3S2/c1-17(22-9-6-14-34-22)28-32-15-23(31)30-12-10-20(11-13-30)26-27-21(16-35-26)24-18(2)33-29-25(24)19-7-4-3-5-8-19/h3-9,14,16,20H,10-13,15H2,1-2H3. The van der Waals surface area contributed by atoms with Gasteiger partial charge in [0.05, 0.1) is 26.9 Å². The average Bonchev–Trinajstić information content (AvgIpc) is 3.66. The number of aryl methyl sites for hydroxylation is 1. The van der Waals surface area contributed by atoms with Gasteiger partial charge in [-0.3, -0.25) is 4.79 Å². The molecule has 1 fully saturated rings. The number of thiazole rings is 1. The summed E-state index contributed by atoms with van der Waals surface area (Å²) in [5, 5.41) is 13.5. The average molecular weight is 507 g/mol. The first-order chi connectivity index (χ1) is 17.1. The van der Waals surface area contributed by atoms with Crippen molar-refractivity contribution in [3.63, 3.8) is 0 Å². The van der Waals surface area contributed by atoms with Crippen LogP contribution >= 0.6 is 22.7 Å². The van der Waals surface area contributed by atoms with Crippen molar-refractivity contribution < 1.29 is 14.2 Å². The molecule has 0 N–H and O–H groups in total. The molecule has 0 radical (unpaired) electrons. The molecule has 3 aromatic heterocycles. The lowest BCUT2D eigenvalue weighted by atomic mass is 9.97. The van der Waals surface area contributed by atoms with Crippen LogP contribution in [-0.2, 0) is 9.63 Å². The van der Waals surface area contributed by atoms with Crippen molar-refractivity contribution >= 4 is 34.3 Å². The van der Waals surface area contributed by atoms with Gasteiger partial charge in [0.25, 0.3) is 5.91 Å². The normalized spacial score (nSPS) is 14.9. The number of carbonyl (C=O) groups is 1. The summed E-state index contributed by atoms with van der Waals surface area (Å²) < 4.78 is 5.52. The first-order valence-electron chi connectivity index (χ1n) is 11.6. The molecule has 1 aliphatic heterocycles. The number of rotatable bonds is 7. The van der Waals surface area contributed by atoms with Crippen LogP contribution in [0, 0.1) is 6.92 Å². The van der Waals surface area contributed by atoms with E-state index in [-0.39, 0.29) is 12.5 Å². The van der Waals surface area contributed by atoms with Gasteiger partial charge in [0.1, 0.15) is 11.5 Å². The van der Waals surface area contributed by atoms with Crippen LogP contribution in [0.3, 0.4) is 0 Å². The molecule has 7 nitrogen and oxygen atoms in total. The smallest absolute Gasteiger partial charge is 0.263 e. The van der Waals surface area contributed by atoms with E-state index in [2.05, 4.69) is 15.7 Å². The zero-order valence-corrected chi connectivity index (χ0v) is 21.3. The van der Waals surface area contributed by atoms with E-state index in [1.54, 1.807) is 22.7 Å². The molecule has 4 aromatic rings. The van der Waals surface area contributed by atoms with Gasteiger partial charge >= 0.3 is 0 Å². The number of amides is 1. The maximum atomic E-state index is 12.6. The summed E-state index contributed by atoms with van der Waals surface area (Å²) >= 11 is 3.26. The van der Waals surface area contributed by atoms with Crippen LogP contribution in [0.25, 0.3) is 22.5 Å². The summed E-state index contributed by atoms with van der Waals surface area (Å²) in [5.74, 6) is 1.06. The van der Waals surface area contributed by atoms with Crippen LogP contribution < -0.4 is 0 Å². The number of hydrogen-bond acceptors (Lipinski definition) is 8. The number of nitrogens with zero attached hydrogens (tertiary/aromatic N) is 4. The molecule has 180 valence electrons. The number of piperidine rings is 1. The van der Waals surface area contributed by atoms with Crippen molar-refractivity contribution in [2.24, 2.45) is 5.16 Å². The van der Waals surface area contributed by atoms with Crippen molar-refractivity contribution in [1.29, 1.82) is 0 Å². The highest BCUT2D eigenvalue weighted by Crippen LogP contribution is 2.37. The van der Waals surface area contributed by atoms with Crippen LogP contribution in [0.15, 0.2) is 62.9 Å². The second-order valence-corrected chi connectivity index (χ2v) is 10.3. The van der Waals surface area contributed by atoms with Crippen molar-refractivity contribution in [3.05, 3.63) is 68.9 Å². The van der Waals surface area contributed by atoms with E-state index in [0.29, 0.717) is 19.0 Å². The second-order valence-electron chi connectivity index (χ2n) is 8.48. The molecule has 1 amide bonds. The Labute approximate surface area is 212 Å². The van der Waals surface area contributed by atoms with Crippen LogP contribution in [0.2, 0.25) is 0 Å². The fraction of sp³-hybridized carbons (Fsp3) is 0.308. The van der Waals surface area contributed by atoms with Gasteiger partial charge in [0.15, 0.2) is 6.61 Å². The lowest BCUT2D eigenvalue weighted by molar-refractivity contribution is -0.137. The summed E-state index contributed by atoms with van der Waals surface area (Å²) in [6, 6.07) is 14.0. The molecule has 1 saturated heterocycles. The second kappa shape index (κ2) is 10.5. The van der Waals surface area contributed by atoms with Crippen molar-refractivity contribution in [2.45, 2.75) is 32.6 Å². The van der Waals surface area contributed by atoms with E-state index in [1.807, 2.05) is 66.6 Å². The molecule has 0 unspecified atom stereocenters. The fourth-order valence-electron chi connectivity index (χ4n) is 4.24. The zero-order valence-electron chi connectivity index (χ0n) is 19.6. The number of thiophene rings is 1. The molecular formula is C26H26N4O3S2. The van der Waals surface area contributed by atoms with E-state index in [0.717, 1.165) is 56.7 Å². The maximum Gasteiger partial charge on any atom is 0.263 e. The van der Waals surface area contributed by atoms with Crippen LogP contribution in [-0.4, -0.2) is 46.4 Å². The Hall–Kier alpha value is -3.30. The Balaban J connectivity index is 1.19. The van der Waals surface area contributed by atoms with E-state index in [4.69, 9.17) is 14.3 Å². The minimum atomic E-state index is -0.0379. The fourth-order valence-corrected chi connectivity index (χ4v) is 5.89. The van der Waals surface area contributed by atoms with E-state index in [9.17, 15) is 4.79 Å². The Bertz CT molecular complexity index is 1300. The first kappa shape index (κ1) is 23.4.